The molecule has 0 radical (unpaired) electrons. The number of hydrogen-bond acceptors (Lipinski definition) is 6. The molecule has 4 N–H and O–H groups in total. The van der Waals surface area contributed by atoms with Crippen LogP contribution in [0.25, 0.3) is 0 Å². The highest BCUT2D eigenvalue weighted by Crippen LogP contribution is 2.40. The van der Waals surface area contributed by atoms with Gasteiger partial charge >= 0.3 is 0 Å². The summed E-state index contributed by atoms with van der Waals surface area (Å²) in [6.07, 6.45) is 2.86. The summed E-state index contributed by atoms with van der Waals surface area (Å²) >= 11 is 0. The number of nitrogens with zero attached hydrogens (tertiary/aromatic N) is 1. The van der Waals surface area contributed by atoms with E-state index in [9.17, 15) is 22.0 Å². The minimum atomic E-state index is -3.45. The first kappa shape index (κ1) is 31.9. The van der Waals surface area contributed by atoms with Gasteiger partial charge in [-0.2, -0.15) is 4.31 Å². The fourth-order valence-corrected chi connectivity index (χ4v) is 8.74. The first-order valence-corrected chi connectivity index (χ1v) is 16.6. The van der Waals surface area contributed by atoms with Gasteiger partial charge in [-0.1, -0.05) is 12.1 Å². The second-order valence-electron chi connectivity index (χ2n) is 12.7. The van der Waals surface area contributed by atoms with Crippen molar-refractivity contribution in [1.82, 2.24) is 9.62 Å². The van der Waals surface area contributed by atoms with Gasteiger partial charge in [-0.15, -0.1) is 0 Å². The molecule has 6 atom stereocenters. The fourth-order valence-electron chi connectivity index (χ4n) is 6.93. The van der Waals surface area contributed by atoms with Crippen LogP contribution in [0.1, 0.15) is 63.0 Å². The third-order valence-corrected chi connectivity index (χ3v) is 11.1. The number of carbonyl (C=O) groups excluding carboxylic acids is 1. The van der Waals surface area contributed by atoms with Gasteiger partial charge in [-0.3, -0.25) is 4.79 Å². The molecule has 3 unspecified atom stereocenters. The molecule has 0 aromatic heterocycles. The molecule has 3 heterocycles. The summed E-state index contributed by atoms with van der Waals surface area (Å²) in [6, 6.07) is 6.74. The van der Waals surface area contributed by atoms with E-state index in [0.29, 0.717) is 44.5 Å². The molecule has 1 amide bonds. The van der Waals surface area contributed by atoms with E-state index in [0.717, 1.165) is 12.5 Å². The van der Waals surface area contributed by atoms with Crippen molar-refractivity contribution >= 4 is 21.6 Å². The number of carbonyl (C=O) groups is 1. The standard InChI is InChI=1S/C31H41F3N4O4S/c1-31(2)16-20(13-14-42-31)27(19-5-7-21(32)8-6-19)29(35)30(39)37-26-12-11-25(33)28(34)24(26)10-9-23-17-36-22-4-3-15-43(40,41)38(23)18-22/h5-8,11-12,20,22-23,27,29,36H,3-4,9-10,13-18,35H2,1-2H3,(H,37,39)/t20?,22-,23?,27+,29+/m1/s1. The number of halogens is 3. The number of nitrogens with one attached hydrogen (secondary N) is 2. The predicted molar refractivity (Wildman–Crippen MR) is 158 cm³/mol. The number of benzene rings is 2. The zero-order valence-electron chi connectivity index (χ0n) is 24.6. The highest BCUT2D eigenvalue weighted by atomic mass is 32.2. The third kappa shape index (κ3) is 7.25. The normalized spacial score (nSPS) is 28.0. The molecule has 5 rings (SSSR count). The van der Waals surface area contributed by atoms with Crippen molar-refractivity contribution in [3.8, 4) is 0 Å². The second-order valence-corrected chi connectivity index (χ2v) is 14.7. The molecule has 3 aliphatic heterocycles. The lowest BCUT2D eigenvalue weighted by Gasteiger charge is -2.41. The monoisotopic (exact) mass is 622 g/mol. The minimum Gasteiger partial charge on any atom is -0.376 e. The summed E-state index contributed by atoms with van der Waals surface area (Å²) < 4.78 is 76.5. The number of sulfonamides is 1. The number of anilines is 1. The van der Waals surface area contributed by atoms with Gasteiger partial charge < -0.3 is 21.1 Å². The molecule has 2 aromatic carbocycles. The van der Waals surface area contributed by atoms with Crippen LogP contribution in [0.5, 0.6) is 0 Å². The Hall–Kier alpha value is -2.51. The smallest absolute Gasteiger partial charge is 0.241 e. The Balaban J connectivity index is 1.37. The average Bonchev–Trinajstić information content (AvgIpc) is 3.07. The van der Waals surface area contributed by atoms with Crippen molar-refractivity contribution in [2.24, 2.45) is 11.7 Å². The lowest BCUT2D eigenvalue weighted by molar-refractivity contribution is -0.119. The van der Waals surface area contributed by atoms with E-state index in [2.05, 4.69) is 10.6 Å². The van der Waals surface area contributed by atoms with Gasteiger partial charge in [0, 0.05) is 48.9 Å². The molecule has 0 saturated carbocycles. The van der Waals surface area contributed by atoms with E-state index < -0.39 is 57.0 Å². The molecule has 0 spiro atoms. The summed E-state index contributed by atoms with van der Waals surface area (Å²) in [5.41, 5.74) is 6.93. The number of hydrogen-bond donors (Lipinski definition) is 3. The van der Waals surface area contributed by atoms with E-state index in [-0.39, 0.29) is 41.8 Å². The number of amides is 1. The highest BCUT2D eigenvalue weighted by molar-refractivity contribution is 7.89. The summed E-state index contributed by atoms with van der Waals surface area (Å²) in [6.45, 7) is 5.19. The van der Waals surface area contributed by atoms with Gasteiger partial charge in [0.1, 0.15) is 5.82 Å². The quantitative estimate of drug-likeness (QED) is 0.410. The molecular formula is C31H41F3N4O4S. The van der Waals surface area contributed by atoms with Crippen molar-refractivity contribution in [3.05, 3.63) is 65.0 Å². The maximum absolute atomic E-state index is 15.2. The summed E-state index contributed by atoms with van der Waals surface area (Å²) in [4.78, 5) is 13.7. The lowest BCUT2D eigenvalue weighted by atomic mass is 9.73. The Bertz CT molecular complexity index is 1420. The van der Waals surface area contributed by atoms with Crippen LogP contribution in [0.15, 0.2) is 36.4 Å². The molecule has 43 heavy (non-hydrogen) atoms. The second kappa shape index (κ2) is 12.8. The van der Waals surface area contributed by atoms with Gasteiger partial charge in [0.2, 0.25) is 15.9 Å². The highest BCUT2D eigenvalue weighted by Gasteiger charge is 2.40. The predicted octanol–water partition coefficient (Wildman–Crippen LogP) is 4.06. The molecule has 12 heteroatoms. The van der Waals surface area contributed by atoms with Crippen LogP contribution in [-0.2, 0) is 26.0 Å². The SMILES string of the molecule is CC1(C)CC([C@H](c2ccc(F)cc2)[C@H](N)C(=O)Nc2ccc(F)c(F)c2CCC2CN[C@@H]3CCCS(=O)(=O)N2C3)CCO1. The maximum Gasteiger partial charge on any atom is 0.241 e. The zero-order chi connectivity index (χ0) is 30.9. The Kier molecular flexibility index (Phi) is 9.53. The number of nitrogens with two attached hydrogens (primary N) is 1. The van der Waals surface area contributed by atoms with Crippen LogP contribution in [0, 0.1) is 23.4 Å². The zero-order valence-corrected chi connectivity index (χ0v) is 25.4. The van der Waals surface area contributed by atoms with Gasteiger partial charge in [0.15, 0.2) is 11.6 Å². The van der Waals surface area contributed by atoms with Crippen molar-refractivity contribution in [3.63, 3.8) is 0 Å². The summed E-state index contributed by atoms with van der Waals surface area (Å²) in [5, 5.41) is 6.11. The van der Waals surface area contributed by atoms with Crippen LogP contribution in [0.3, 0.4) is 0 Å². The van der Waals surface area contributed by atoms with Gasteiger partial charge in [0.25, 0.3) is 0 Å². The van der Waals surface area contributed by atoms with Crippen LogP contribution in [0.2, 0.25) is 0 Å². The largest absolute Gasteiger partial charge is 0.376 e. The third-order valence-electron chi connectivity index (χ3n) is 9.13. The van der Waals surface area contributed by atoms with Crippen LogP contribution >= 0.6 is 0 Å². The van der Waals surface area contributed by atoms with Crippen molar-refractivity contribution in [2.45, 2.75) is 82.0 Å². The van der Waals surface area contributed by atoms with E-state index in [4.69, 9.17) is 10.5 Å². The number of ether oxygens (including phenoxy) is 1. The molecule has 3 aliphatic rings. The molecule has 3 saturated heterocycles. The van der Waals surface area contributed by atoms with E-state index >= 15 is 4.39 Å². The van der Waals surface area contributed by atoms with Gasteiger partial charge in [-0.05, 0) is 88.1 Å². The maximum atomic E-state index is 15.2. The average molecular weight is 623 g/mol. The minimum absolute atomic E-state index is 0.00697. The number of piperazine rings is 1. The first-order valence-electron chi connectivity index (χ1n) is 15.0. The van der Waals surface area contributed by atoms with Gasteiger partial charge in [-0.25, -0.2) is 21.6 Å². The summed E-state index contributed by atoms with van der Waals surface area (Å²) in [5.74, 6) is -3.60. The van der Waals surface area contributed by atoms with Crippen molar-refractivity contribution < 1.29 is 31.1 Å². The molecule has 2 bridgehead atoms. The lowest BCUT2D eigenvalue weighted by Crippen LogP contribution is -2.57. The topological polar surface area (TPSA) is 114 Å². The fraction of sp³-hybridized carbons (Fsp3) is 0.581. The van der Waals surface area contributed by atoms with Gasteiger partial charge in [0.05, 0.1) is 17.4 Å². The molecule has 8 nitrogen and oxygen atoms in total. The van der Waals surface area contributed by atoms with Crippen LogP contribution in [0.4, 0.5) is 18.9 Å². The van der Waals surface area contributed by atoms with E-state index in [1.54, 1.807) is 12.1 Å². The molecule has 2 aromatic rings. The Morgan fingerprint density at radius 1 is 1.16 bits per heavy atom. The van der Waals surface area contributed by atoms with E-state index in [1.807, 2.05) is 13.8 Å². The van der Waals surface area contributed by atoms with Crippen molar-refractivity contribution in [1.29, 1.82) is 0 Å². The molecule has 236 valence electrons. The summed E-state index contributed by atoms with van der Waals surface area (Å²) in [7, 11) is -3.45. The molecule has 3 fully saturated rings. The van der Waals surface area contributed by atoms with Crippen LogP contribution < -0.4 is 16.4 Å². The van der Waals surface area contributed by atoms with E-state index in [1.165, 1.54) is 22.5 Å². The first-order chi connectivity index (χ1) is 20.3. The number of rotatable bonds is 8. The number of fused-ring (bicyclic) bond motifs is 2. The Labute approximate surface area is 251 Å². The van der Waals surface area contributed by atoms with Crippen molar-refractivity contribution in [2.75, 3.05) is 30.8 Å². The Morgan fingerprint density at radius 2 is 1.91 bits per heavy atom. The molecule has 0 aliphatic carbocycles. The van der Waals surface area contributed by atoms with Crippen LogP contribution in [-0.4, -0.2) is 67.8 Å². The Morgan fingerprint density at radius 3 is 2.63 bits per heavy atom. The molecular weight excluding hydrogens is 581 g/mol.